The number of nitrogens with one attached hydrogen (secondary N) is 1. The van der Waals surface area contributed by atoms with E-state index in [-0.39, 0.29) is 24.4 Å². The van der Waals surface area contributed by atoms with Crippen LogP contribution in [0.15, 0.2) is 55.0 Å². The highest BCUT2D eigenvalue weighted by Crippen LogP contribution is 2.25. The third-order valence-electron chi connectivity index (χ3n) is 4.79. The van der Waals surface area contributed by atoms with Gasteiger partial charge in [-0.15, -0.1) is 12.4 Å². The highest BCUT2D eigenvalue weighted by Gasteiger charge is 2.30. The fourth-order valence-electron chi connectivity index (χ4n) is 3.37. The van der Waals surface area contributed by atoms with Gasteiger partial charge in [0.25, 0.3) is 5.91 Å². The Balaban J connectivity index is 0.00000225. The molecule has 0 bridgehead atoms. The van der Waals surface area contributed by atoms with Crippen molar-refractivity contribution in [3.8, 4) is 5.69 Å². The second-order valence-electron chi connectivity index (χ2n) is 6.55. The van der Waals surface area contributed by atoms with Crippen molar-refractivity contribution in [3.63, 3.8) is 0 Å². The molecule has 1 aliphatic rings. The molecule has 1 saturated heterocycles. The Kier molecular flexibility index (Phi) is 6.34. The number of carbonyl (C=O) groups is 1. The lowest BCUT2D eigenvalue weighted by Crippen LogP contribution is -2.48. The van der Waals surface area contributed by atoms with Crippen molar-refractivity contribution in [2.75, 3.05) is 19.6 Å². The number of nitrogens with zero attached hydrogens (tertiary/aromatic N) is 4. The van der Waals surface area contributed by atoms with Crippen LogP contribution in [0.4, 0.5) is 0 Å². The van der Waals surface area contributed by atoms with Crippen molar-refractivity contribution < 1.29 is 4.79 Å². The van der Waals surface area contributed by atoms with Crippen LogP contribution < -0.4 is 5.32 Å². The zero-order chi connectivity index (χ0) is 18.8. The fourth-order valence-corrected chi connectivity index (χ4v) is 3.50. The third-order valence-corrected chi connectivity index (χ3v) is 5.05. The molecule has 0 radical (unpaired) electrons. The summed E-state index contributed by atoms with van der Waals surface area (Å²) in [6.07, 6.45) is 5.36. The first-order valence-corrected chi connectivity index (χ1v) is 9.25. The molecule has 6 nitrogen and oxygen atoms in total. The van der Waals surface area contributed by atoms with Crippen LogP contribution in [0.5, 0.6) is 0 Å². The summed E-state index contributed by atoms with van der Waals surface area (Å²) in [5, 5.41) is 8.55. The van der Waals surface area contributed by atoms with Crippen LogP contribution in [-0.2, 0) is 0 Å². The quantitative estimate of drug-likeness (QED) is 0.708. The minimum Gasteiger partial charge on any atom is -0.329 e. The topological polar surface area (TPSA) is 63.1 Å². The largest absolute Gasteiger partial charge is 0.329 e. The Hall–Kier alpha value is -2.41. The van der Waals surface area contributed by atoms with E-state index in [1.807, 2.05) is 54.4 Å². The van der Waals surface area contributed by atoms with E-state index in [1.165, 1.54) is 0 Å². The molecule has 8 heteroatoms. The number of piperazine rings is 1. The average Bonchev–Trinajstić information content (AvgIpc) is 3.10. The van der Waals surface area contributed by atoms with E-state index < -0.39 is 0 Å². The van der Waals surface area contributed by atoms with E-state index in [0.717, 1.165) is 17.8 Å². The molecule has 1 fully saturated rings. The summed E-state index contributed by atoms with van der Waals surface area (Å²) in [7, 11) is 0. The van der Waals surface area contributed by atoms with Gasteiger partial charge in [0.15, 0.2) is 0 Å². The van der Waals surface area contributed by atoms with Crippen LogP contribution in [0.25, 0.3) is 5.69 Å². The summed E-state index contributed by atoms with van der Waals surface area (Å²) in [6.45, 7) is 3.99. The highest BCUT2D eigenvalue weighted by atomic mass is 35.5. The van der Waals surface area contributed by atoms with E-state index in [1.54, 1.807) is 17.1 Å². The summed E-state index contributed by atoms with van der Waals surface area (Å²) in [6, 6.07) is 11.2. The van der Waals surface area contributed by atoms with Gasteiger partial charge < -0.3 is 10.2 Å². The van der Waals surface area contributed by atoms with Crippen LogP contribution >= 0.6 is 24.0 Å². The van der Waals surface area contributed by atoms with Gasteiger partial charge in [-0.25, -0.2) is 4.68 Å². The molecule has 0 saturated carbocycles. The maximum Gasteiger partial charge on any atom is 0.257 e. The van der Waals surface area contributed by atoms with E-state index >= 15 is 0 Å². The van der Waals surface area contributed by atoms with Crippen LogP contribution in [0.2, 0.25) is 5.02 Å². The monoisotopic (exact) mass is 417 g/mol. The van der Waals surface area contributed by atoms with E-state index in [4.69, 9.17) is 11.6 Å². The standard InChI is InChI=1S/C20H20ClN5O.ClH/c1-14-18(13-26(24-14)17-6-4-16(21)5-7-17)20(27)25-10-9-23-12-19(25)15-3-2-8-22-11-15;/h2-8,11,13,19,23H,9-10,12H2,1H3;1H. The normalized spacial score (nSPS) is 16.5. The number of hydrogen-bond acceptors (Lipinski definition) is 4. The lowest BCUT2D eigenvalue weighted by Gasteiger charge is -2.36. The predicted molar refractivity (Wildman–Crippen MR) is 111 cm³/mol. The number of amides is 1. The van der Waals surface area contributed by atoms with E-state index in [0.29, 0.717) is 29.4 Å². The Labute approximate surface area is 174 Å². The summed E-state index contributed by atoms with van der Waals surface area (Å²) in [5.74, 6) is -0.0110. The van der Waals surface area contributed by atoms with Gasteiger partial charge in [-0.2, -0.15) is 5.10 Å². The lowest BCUT2D eigenvalue weighted by molar-refractivity contribution is 0.0633. The molecule has 146 valence electrons. The highest BCUT2D eigenvalue weighted by molar-refractivity contribution is 6.30. The van der Waals surface area contributed by atoms with Crippen LogP contribution in [0.1, 0.15) is 27.7 Å². The Morgan fingerprint density at radius 1 is 1.25 bits per heavy atom. The SMILES string of the molecule is Cc1nn(-c2ccc(Cl)cc2)cc1C(=O)N1CCNCC1c1cccnc1.Cl. The van der Waals surface area contributed by atoms with Gasteiger partial charge in [0.05, 0.1) is 23.0 Å². The number of rotatable bonds is 3. The molecule has 1 amide bonds. The molecular weight excluding hydrogens is 397 g/mol. The van der Waals surface area contributed by atoms with Gasteiger partial charge in [-0.3, -0.25) is 9.78 Å². The minimum absolute atomic E-state index is 0. The second kappa shape index (κ2) is 8.73. The number of aromatic nitrogens is 3. The van der Waals surface area contributed by atoms with Gasteiger partial charge in [0.1, 0.15) is 0 Å². The van der Waals surface area contributed by atoms with Crippen molar-refractivity contribution in [1.29, 1.82) is 0 Å². The van der Waals surface area contributed by atoms with Crippen molar-refractivity contribution in [2.24, 2.45) is 0 Å². The zero-order valence-electron chi connectivity index (χ0n) is 15.4. The number of aryl methyl sites for hydroxylation is 1. The molecule has 1 aliphatic heterocycles. The molecule has 2 aromatic heterocycles. The number of halogens is 2. The summed E-state index contributed by atoms with van der Waals surface area (Å²) in [4.78, 5) is 19.4. The van der Waals surface area contributed by atoms with Gasteiger partial charge in [-0.1, -0.05) is 17.7 Å². The predicted octanol–water partition coefficient (Wildman–Crippen LogP) is 3.44. The fraction of sp³-hybridized carbons (Fsp3) is 0.250. The number of hydrogen-bond donors (Lipinski definition) is 1. The molecule has 1 aromatic carbocycles. The number of pyridine rings is 1. The molecule has 1 N–H and O–H groups in total. The van der Waals surface area contributed by atoms with Crippen molar-refractivity contribution in [2.45, 2.75) is 13.0 Å². The number of carbonyl (C=O) groups excluding carboxylic acids is 1. The van der Waals surface area contributed by atoms with Crippen LogP contribution in [0, 0.1) is 6.92 Å². The van der Waals surface area contributed by atoms with E-state index in [2.05, 4.69) is 15.4 Å². The first kappa shape index (κ1) is 20.3. The molecule has 1 atom stereocenters. The van der Waals surface area contributed by atoms with Gasteiger partial charge >= 0.3 is 0 Å². The minimum atomic E-state index is -0.0433. The van der Waals surface area contributed by atoms with Crippen molar-refractivity contribution >= 4 is 29.9 Å². The van der Waals surface area contributed by atoms with Crippen LogP contribution in [-0.4, -0.2) is 45.2 Å². The smallest absolute Gasteiger partial charge is 0.257 e. The molecule has 28 heavy (non-hydrogen) atoms. The molecule has 0 spiro atoms. The summed E-state index contributed by atoms with van der Waals surface area (Å²) >= 11 is 5.96. The molecule has 3 aromatic rings. The molecule has 1 unspecified atom stereocenters. The Morgan fingerprint density at radius 3 is 2.75 bits per heavy atom. The lowest BCUT2D eigenvalue weighted by atomic mass is 10.0. The Morgan fingerprint density at radius 2 is 2.04 bits per heavy atom. The third kappa shape index (κ3) is 4.04. The molecule has 0 aliphatic carbocycles. The van der Waals surface area contributed by atoms with Crippen molar-refractivity contribution in [3.05, 3.63) is 76.8 Å². The first-order chi connectivity index (χ1) is 13.1. The molecule has 4 rings (SSSR count). The summed E-state index contributed by atoms with van der Waals surface area (Å²) in [5.41, 5.74) is 3.21. The number of benzene rings is 1. The molecule has 3 heterocycles. The average molecular weight is 418 g/mol. The zero-order valence-corrected chi connectivity index (χ0v) is 17.0. The maximum atomic E-state index is 13.3. The van der Waals surface area contributed by atoms with E-state index in [9.17, 15) is 4.79 Å². The first-order valence-electron chi connectivity index (χ1n) is 8.87. The van der Waals surface area contributed by atoms with Gasteiger partial charge in [0, 0.05) is 43.2 Å². The Bertz CT molecular complexity index is 943. The van der Waals surface area contributed by atoms with Crippen molar-refractivity contribution in [1.82, 2.24) is 25.0 Å². The second-order valence-corrected chi connectivity index (χ2v) is 6.99. The van der Waals surface area contributed by atoms with Gasteiger partial charge in [0.2, 0.25) is 0 Å². The maximum absolute atomic E-state index is 13.3. The van der Waals surface area contributed by atoms with Gasteiger partial charge in [-0.05, 0) is 42.8 Å². The van der Waals surface area contributed by atoms with Crippen LogP contribution in [0.3, 0.4) is 0 Å². The molecular formula is C20H21Cl2N5O. The summed E-state index contributed by atoms with van der Waals surface area (Å²) < 4.78 is 1.72.